The van der Waals surface area contributed by atoms with E-state index in [0.29, 0.717) is 12.2 Å². The molecule has 1 atom stereocenters. The summed E-state index contributed by atoms with van der Waals surface area (Å²) in [5, 5.41) is 4.56. The van der Waals surface area contributed by atoms with Gasteiger partial charge in [-0.05, 0) is 61.4 Å². The van der Waals surface area contributed by atoms with Crippen molar-refractivity contribution < 1.29 is 9.53 Å². The molecule has 27 heavy (non-hydrogen) atoms. The SMILES string of the molecule is CCCOC(=O)c1ccc(Nc2ncnc3sc4c(c23)CC[C@@H](C)C4)cc1. The number of nitrogens with one attached hydrogen (secondary N) is 1. The minimum absolute atomic E-state index is 0.283. The molecule has 1 N–H and O–H groups in total. The Morgan fingerprint density at radius 3 is 2.89 bits per heavy atom. The number of hydrogen-bond acceptors (Lipinski definition) is 6. The molecule has 2 heterocycles. The lowest BCUT2D eigenvalue weighted by atomic mass is 9.89. The summed E-state index contributed by atoms with van der Waals surface area (Å²) >= 11 is 1.79. The summed E-state index contributed by atoms with van der Waals surface area (Å²) in [6.07, 6.45) is 5.86. The Balaban J connectivity index is 1.59. The van der Waals surface area contributed by atoms with Crippen LogP contribution in [0.15, 0.2) is 30.6 Å². The van der Waals surface area contributed by atoms with Crippen LogP contribution in [0.5, 0.6) is 0 Å². The highest BCUT2D eigenvalue weighted by atomic mass is 32.1. The molecule has 6 heteroatoms. The highest BCUT2D eigenvalue weighted by Crippen LogP contribution is 2.40. The molecular formula is C21H23N3O2S. The maximum atomic E-state index is 11.9. The predicted molar refractivity (Wildman–Crippen MR) is 109 cm³/mol. The Morgan fingerprint density at radius 2 is 2.11 bits per heavy atom. The molecule has 2 aromatic heterocycles. The van der Waals surface area contributed by atoms with Gasteiger partial charge in [0.2, 0.25) is 0 Å². The number of ether oxygens (including phenoxy) is 1. The van der Waals surface area contributed by atoms with E-state index in [1.54, 1.807) is 29.8 Å². The quantitative estimate of drug-likeness (QED) is 0.621. The molecule has 0 aliphatic heterocycles. The van der Waals surface area contributed by atoms with E-state index >= 15 is 0 Å². The lowest BCUT2D eigenvalue weighted by Crippen LogP contribution is -2.09. The molecule has 0 saturated carbocycles. The summed E-state index contributed by atoms with van der Waals surface area (Å²) in [4.78, 5) is 23.4. The minimum atomic E-state index is -0.283. The van der Waals surface area contributed by atoms with Gasteiger partial charge in [0.15, 0.2) is 0 Å². The van der Waals surface area contributed by atoms with Gasteiger partial charge in [-0.3, -0.25) is 0 Å². The van der Waals surface area contributed by atoms with Crippen LogP contribution in [-0.4, -0.2) is 22.5 Å². The average Bonchev–Trinajstić information content (AvgIpc) is 3.05. The van der Waals surface area contributed by atoms with Crippen molar-refractivity contribution in [2.45, 2.75) is 39.5 Å². The van der Waals surface area contributed by atoms with Crippen LogP contribution in [0.2, 0.25) is 0 Å². The number of hydrogen-bond donors (Lipinski definition) is 1. The number of carbonyl (C=O) groups excluding carboxylic acids is 1. The first-order valence-corrected chi connectivity index (χ1v) is 10.3. The Labute approximate surface area is 162 Å². The summed E-state index contributed by atoms with van der Waals surface area (Å²) in [6.45, 7) is 4.73. The van der Waals surface area contributed by atoms with E-state index in [1.165, 1.54) is 16.9 Å². The Hall–Kier alpha value is -2.47. The molecule has 0 unspecified atom stereocenters. The average molecular weight is 382 g/mol. The Morgan fingerprint density at radius 1 is 1.30 bits per heavy atom. The number of aromatic nitrogens is 2. The fraction of sp³-hybridized carbons (Fsp3) is 0.381. The predicted octanol–water partition coefficient (Wildman–Crippen LogP) is 5.13. The standard InChI is InChI=1S/C21H23N3O2S/c1-3-10-26-21(25)14-5-7-15(8-6-14)24-19-18-16-9-4-13(2)11-17(16)27-20(18)23-12-22-19/h5-8,12-13H,3-4,9-11H2,1-2H3,(H,22,23,24)/t13-/m1/s1. The van der Waals surface area contributed by atoms with Gasteiger partial charge in [-0.15, -0.1) is 11.3 Å². The minimum Gasteiger partial charge on any atom is -0.462 e. The van der Waals surface area contributed by atoms with E-state index in [9.17, 15) is 4.79 Å². The Kier molecular flexibility index (Phi) is 5.07. The first kappa shape index (κ1) is 17.9. The van der Waals surface area contributed by atoms with Crippen molar-refractivity contribution in [3.63, 3.8) is 0 Å². The first-order valence-electron chi connectivity index (χ1n) is 9.45. The zero-order valence-electron chi connectivity index (χ0n) is 15.6. The molecule has 1 aromatic carbocycles. The van der Waals surface area contributed by atoms with Crippen molar-refractivity contribution in [3.05, 3.63) is 46.6 Å². The monoisotopic (exact) mass is 381 g/mol. The molecule has 3 aromatic rings. The number of nitrogens with zero attached hydrogens (tertiary/aromatic N) is 2. The van der Waals surface area contributed by atoms with Gasteiger partial charge >= 0.3 is 5.97 Å². The molecular weight excluding hydrogens is 358 g/mol. The molecule has 0 spiro atoms. The van der Waals surface area contributed by atoms with Gasteiger partial charge in [-0.2, -0.15) is 0 Å². The van der Waals surface area contributed by atoms with Crippen molar-refractivity contribution in [3.8, 4) is 0 Å². The number of fused-ring (bicyclic) bond motifs is 3. The van der Waals surface area contributed by atoms with Crippen molar-refractivity contribution in [2.75, 3.05) is 11.9 Å². The maximum absolute atomic E-state index is 11.9. The van der Waals surface area contributed by atoms with Gasteiger partial charge in [0, 0.05) is 10.6 Å². The van der Waals surface area contributed by atoms with Crippen LogP contribution in [0, 0.1) is 5.92 Å². The molecule has 0 bridgehead atoms. The van der Waals surface area contributed by atoms with Crippen LogP contribution in [-0.2, 0) is 17.6 Å². The molecule has 0 radical (unpaired) electrons. The number of aryl methyl sites for hydroxylation is 1. The van der Waals surface area contributed by atoms with Crippen molar-refractivity contribution >= 4 is 39.0 Å². The van der Waals surface area contributed by atoms with E-state index in [1.807, 2.05) is 19.1 Å². The molecule has 0 amide bonds. The van der Waals surface area contributed by atoms with E-state index in [-0.39, 0.29) is 5.97 Å². The zero-order chi connectivity index (χ0) is 18.8. The van der Waals surface area contributed by atoms with E-state index in [2.05, 4.69) is 22.2 Å². The lowest BCUT2D eigenvalue weighted by Gasteiger charge is -2.18. The molecule has 5 nitrogen and oxygen atoms in total. The molecule has 0 fully saturated rings. The summed E-state index contributed by atoms with van der Waals surface area (Å²) < 4.78 is 5.17. The molecule has 0 saturated heterocycles. The van der Waals surface area contributed by atoms with Gasteiger partial charge < -0.3 is 10.1 Å². The number of benzene rings is 1. The normalized spacial score (nSPS) is 16.1. The van der Waals surface area contributed by atoms with Crippen LogP contribution < -0.4 is 5.32 Å². The van der Waals surface area contributed by atoms with E-state index in [0.717, 1.165) is 46.9 Å². The maximum Gasteiger partial charge on any atom is 0.338 e. The van der Waals surface area contributed by atoms with Crippen molar-refractivity contribution in [2.24, 2.45) is 5.92 Å². The van der Waals surface area contributed by atoms with E-state index in [4.69, 9.17) is 4.74 Å². The molecule has 4 rings (SSSR count). The van der Waals surface area contributed by atoms with Crippen LogP contribution >= 0.6 is 11.3 Å². The van der Waals surface area contributed by atoms with Gasteiger partial charge in [-0.1, -0.05) is 13.8 Å². The third-order valence-corrected chi connectivity index (χ3v) is 6.07. The lowest BCUT2D eigenvalue weighted by molar-refractivity contribution is 0.0505. The van der Waals surface area contributed by atoms with Gasteiger partial charge in [0.25, 0.3) is 0 Å². The van der Waals surface area contributed by atoms with Gasteiger partial charge in [-0.25, -0.2) is 14.8 Å². The van der Waals surface area contributed by atoms with Crippen LogP contribution in [0.4, 0.5) is 11.5 Å². The van der Waals surface area contributed by atoms with Crippen LogP contribution in [0.3, 0.4) is 0 Å². The third kappa shape index (κ3) is 3.67. The number of esters is 1. The molecule has 1 aliphatic rings. The van der Waals surface area contributed by atoms with Crippen molar-refractivity contribution in [1.82, 2.24) is 9.97 Å². The fourth-order valence-corrected chi connectivity index (χ4v) is 4.82. The fourth-order valence-electron chi connectivity index (χ4n) is 3.47. The second kappa shape index (κ2) is 7.64. The number of thiophene rings is 1. The summed E-state index contributed by atoms with van der Waals surface area (Å²) in [7, 11) is 0. The third-order valence-electron chi connectivity index (χ3n) is 4.91. The highest BCUT2D eigenvalue weighted by Gasteiger charge is 2.23. The van der Waals surface area contributed by atoms with Gasteiger partial charge in [0.1, 0.15) is 17.0 Å². The molecule has 140 valence electrons. The van der Waals surface area contributed by atoms with E-state index < -0.39 is 0 Å². The van der Waals surface area contributed by atoms with Crippen molar-refractivity contribution in [1.29, 1.82) is 0 Å². The summed E-state index contributed by atoms with van der Waals surface area (Å²) in [5.74, 6) is 1.29. The Bertz CT molecular complexity index is 965. The topological polar surface area (TPSA) is 64.1 Å². The number of rotatable bonds is 5. The number of anilines is 2. The van der Waals surface area contributed by atoms with Crippen LogP contribution in [0.1, 0.15) is 47.5 Å². The highest BCUT2D eigenvalue weighted by molar-refractivity contribution is 7.19. The number of carbonyl (C=O) groups is 1. The largest absolute Gasteiger partial charge is 0.462 e. The smallest absolute Gasteiger partial charge is 0.338 e. The van der Waals surface area contributed by atoms with Gasteiger partial charge in [0.05, 0.1) is 17.6 Å². The first-order chi connectivity index (χ1) is 13.2. The second-order valence-corrected chi connectivity index (χ2v) is 8.18. The summed E-state index contributed by atoms with van der Waals surface area (Å²) in [6, 6.07) is 7.34. The molecule has 1 aliphatic carbocycles. The van der Waals surface area contributed by atoms with Crippen LogP contribution in [0.25, 0.3) is 10.2 Å². The second-order valence-electron chi connectivity index (χ2n) is 7.09. The summed E-state index contributed by atoms with van der Waals surface area (Å²) in [5.41, 5.74) is 2.85. The zero-order valence-corrected chi connectivity index (χ0v) is 16.4.